The largest absolute Gasteiger partial charge is 0.348 e. The van der Waals surface area contributed by atoms with Crippen molar-refractivity contribution in [2.45, 2.75) is 32.2 Å². The van der Waals surface area contributed by atoms with Crippen LogP contribution in [0.4, 0.5) is 5.69 Å². The Labute approximate surface area is 217 Å². The maximum atomic E-state index is 14.2. The first kappa shape index (κ1) is 24.3. The van der Waals surface area contributed by atoms with E-state index in [1.165, 1.54) is 4.31 Å². The summed E-state index contributed by atoms with van der Waals surface area (Å²) < 4.78 is 29.7. The molecule has 2 aliphatic rings. The Kier molecular flexibility index (Phi) is 6.99. The molecule has 5 nitrogen and oxygen atoms in total. The fraction of sp³-hybridized carbons (Fsp3) is 0.207. The highest BCUT2D eigenvalue weighted by atomic mass is 35.5. The molecule has 0 atom stereocenters. The Morgan fingerprint density at radius 1 is 0.944 bits per heavy atom. The van der Waals surface area contributed by atoms with Gasteiger partial charge in [0.1, 0.15) is 0 Å². The van der Waals surface area contributed by atoms with E-state index in [2.05, 4.69) is 11.4 Å². The van der Waals surface area contributed by atoms with Gasteiger partial charge in [-0.1, -0.05) is 83.9 Å². The van der Waals surface area contributed by atoms with Gasteiger partial charge in [0.25, 0.3) is 15.9 Å². The lowest BCUT2D eigenvalue weighted by Crippen LogP contribution is -2.41. The maximum absolute atomic E-state index is 14.2. The van der Waals surface area contributed by atoms with E-state index in [1.807, 2.05) is 60.7 Å². The Morgan fingerprint density at radius 2 is 1.67 bits per heavy atom. The van der Waals surface area contributed by atoms with E-state index in [0.717, 1.165) is 36.8 Å². The van der Waals surface area contributed by atoms with Crippen LogP contribution in [0.2, 0.25) is 5.02 Å². The molecule has 1 aliphatic heterocycles. The number of carbonyl (C=O) groups is 1. The Morgan fingerprint density at radius 3 is 2.36 bits per heavy atom. The van der Waals surface area contributed by atoms with Crippen LogP contribution in [0.1, 0.15) is 42.4 Å². The van der Waals surface area contributed by atoms with Crippen LogP contribution < -0.4 is 9.62 Å². The van der Waals surface area contributed by atoms with Crippen LogP contribution in [-0.4, -0.2) is 20.9 Å². The molecule has 3 aromatic rings. The highest BCUT2D eigenvalue weighted by molar-refractivity contribution is 7.97. The molecular formula is C29H27ClN2O3S. The number of sulfonamides is 1. The minimum Gasteiger partial charge on any atom is -0.348 e. The first-order valence-electron chi connectivity index (χ1n) is 12.1. The summed E-state index contributed by atoms with van der Waals surface area (Å²) in [5.41, 5.74) is 4.07. The van der Waals surface area contributed by atoms with Crippen LogP contribution in [0.5, 0.6) is 0 Å². The highest BCUT2D eigenvalue weighted by Crippen LogP contribution is 2.44. The quantitative estimate of drug-likeness (QED) is 0.403. The third-order valence-electron chi connectivity index (χ3n) is 6.57. The van der Waals surface area contributed by atoms with Crippen molar-refractivity contribution >= 4 is 38.8 Å². The minimum absolute atomic E-state index is 0.0990. The number of halogens is 1. The summed E-state index contributed by atoms with van der Waals surface area (Å²) in [5.74, 6) is -0.607. The molecule has 1 amide bonds. The molecule has 0 saturated heterocycles. The van der Waals surface area contributed by atoms with Crippen molar-refractivity contribution in [2.24, 2.45) is 0 Å². The predicted molar refractivity (Wildman–Crippen MR) is 145 cm³/mol. The number of carbonyl (C=O) groups excluding carboxylic acids is 1. The number of fused-ring (bicyclic) bond motifs is 1. The van der Waals surface area contributed by atoms with E-state index in [4.69, 9.17) is 11.6 Å². The van der Waals surface area contributed by atoms with Crippen molar-refractivity contribution in [2.75, 3.05) is 10.8 Å². The van der Waals surface area contributed by atoms with E-state index < -0.39 is 15.9 Å². The van der Waals surface area contributed by atoms with Crippen LogP contribution in [0.3, 0.4) is 0 Å². The second-order valence-electron chi connectivity index (χ2n) is 9.02. The molecule has 0 fully saturated rings. The molecule has 1 N–H and O–H groups in total. The first-order valence-corrected chi connectivity index (χ1v) is 13.9. The van der Waals surface area contributed by atoms with Gasteiger partial charge in [-0.25, -0.2) is 8.42 Å². The first-order chi connectivity index (χ1) is 17.4. The van der Waals surface area contributed by atoms with E-state index in [0.29, 0.717) is 34.0 Å². The minimum atomic E-state index is -4.20. The van der Waals surface area contributed by atoms with Gasteiger partial charge in [0.05, 0.1) is 12.2 Å². The molecule has 3 aromatic carbocycles. The molecule has 1 aliphatic carbocycles. The molecular weight excluding hydrogens is 492 g/mol. The fourth-order valence-corrected chi connectivity index (χ4v) is 6.72. The molecule has 7 heteroatoms. The molecule has 184 valence electrons. The molecule has 0 radical (unpaired) electrons. The second-order valence-corrected chi connectivity index (χ2v) is 11.3. The summed E-state index contributed by atoms with van der Waals surface area (Å²) in [5, 5.41) is 3.37. The lowest BCUT2D eigenvalue weighted by molar-refractivity contribution is -0.116. The van der Waals surface area contributed by atoms with Gasteiger partial charge >= 0.3 is 0 Å². The standard InChI is InChI=1S/C29H27ClN2O3S/c30-24-16-17-26-25(18-24)27(23-14-8-3-9-15-23)28(29(33)31-19-21-10-4-1-5-11-21)36(34,35)32(26)20-22-12-6-2-7-13-22/h2-3,6-10,12-18H,1,4-5,11,19-20H2,(H,31,33). The lowest BCUT2D eigenvalue weighted by atomic mass is 9.95. The molecule has 0 unspecified atom stereocenters. The van der Waals surface area contributed by atoms with Gasteiger partial charge in [-0.15, -0.1) is 0 Å². The number of allylic oxidation sites excluding steroid dienone is 1. The third-order valence-corrected chi connectivity index (χ3v) is 8.62. The normalized spacial score (nSPS) is 16.8. The number of benzene rings is 3. The summed E-state index contributed by atoms with van der Waals surface area (Å²) in [6.45, 7) is 0.433. The van der Waals surface area contributed by atoms with Crippen LogP contribution in [-0.2, 0) is 21.4 Å². The third kappa shape index (κ3) is 4.84. The zero-order valence-corrected chi connectivity index (χ0v) is 21.4. The summed E-state index contributed by atoms with van der Waals surface area (Å²) in [7, 11) is -4.20. The number of anilines is 1. The molecule has 0 spiro atoms. The van der Waals surface area contributed by atoms with Crippen molar-refractivity contribution in [1.29, 1.82) is 0 Å². The summed E-state index contributed by atoms with van der Waals surface area (Å²) in [6, 6.07) is 23.6. The van der Waals surface area contributed by atoms with Crippen LogP contribution >= 0.6 is 11.6 Å². The van der Waals surface area contributed by atoms with Crippen LogP contribution in [0.15, 0.2) is 95.4 Å². The van der Waals surface area contributed by atoms with Crippen molar-refractivity contribution in [3.63, 3.8) is 0 Å². The number of rotatable bonds is 6. The zero-order valence-electron chi connectivity index (χ0n) is 19.8. The van der Waals surface area contributed by atoms with E-state index in [-0.39, 0.29) is 11.4 Å². The Bertz CT molecular complexity index is 1450. The average molecular weight is 519 g/mol. The molecule has 0 bridgehead atoms. The van der Waals surface area contributed by atoms with E-state index in [9.17, 15) is 13.2 Å². The molecule has 1 heterocycles. The summed E-state index contributed by atoms with van der Waals surface area (Å²) in [6.07, 6.45) is 6.26. The number of hydrogen-bond donors (Lipinski definition) is 1. The smallest absolute Gasteiger partial charge is 0.270 e. The summed E-state index contributed by atoms with van der Waals surface area (Å²) in [4.78, 5) is 13.4. The van der Waals surface area contributed by atoms with Gasteiger partial charge in [0.2, 0.25) is 0 Å². The van der Waals surface area contributed by atoms with Gasteiger partial charge in [0, 0.05) is 22.7 Å². The number of nitrogens with zero attached hydrogens (tertiary/aromatic N) is 1. The Balaban J connectivity index is 1.67. The molecule has 5 rings (SSSR count). The number of hydrogen-bond acceptors (Lipinski definition) is 3. The summed E-state index contributed by atoms with van der Waals surface area (Å²) >= 11 is 6.40. The fourth-order valence-electron chi connectivity index (χ4n) is 4.80. The Hall–Kier alpha value is -3.35. The monoisotopic (exact) mass is 518 g/mol. The lowest BCUT2D eigenvalue weighted by Gasteiger charge is -2.33. The molecule has 0 saturated carbocycles. The molecule has 0 aromatic heterocycles. The zero-order chi connectivity index (χ0) is 25.1. The van der Waals surface area contributed by atoms with E-state index in [1.54, 1.807) is 18.2 Å². The topological polar surface area (TPSA) is 66.5 Å². The van der Waals surface area contributed by atoms with Crippen LogP contribution in [0, 0.1) is 0 Å². The van der Waals surface area contributed by atoms with Crippen molar-refractivity contribution in [3.8, 4) is 0 Å². The van der Waals surface area contributed by atoms with Gasteiger partial charge in [-0.3, -0.25) is 9.10 Å². The van der Waals surface area contributed by atoms with Gasteiger partial charge in [-0.2, -0.15) is 0 Å². The second kappa shape index (κ2) is 10.3. The van der Waals surface area contributed by atoms with E-state index >= 15 is 0 Å². The number of amides is 1. The number of nitrogens with one attached hydrogen (secondary N) is 1. The van der Waals surface area contributed by atoms with Gasteiger partial charge in [-0.05, 0) is 55.0 Å². The van der Waals surface area contributed by atoms with Gasteiger partial charge < -0.3 is 5.32 Å². The van der Waals surface area contributed by atoms with Crippen molar-refractivity contribution in [3.05, 3.63) is 117 Å². The average Bonchev–Trinajstić information content (AvgIpc) is 2.90. The highest BCUT2D eigenvalue weighted by Gasteiger charge is 2.41. The van der Waals surface area contributed by atoms with Crippen molar-refractivity contribution in [1.82, 2.24) is 5.32 Å². The maximum Gasteiger partial charge on any atom is 0.270 e. The van der Waals surface area contributed by atoms with Crippen LogP contribution in [0.25, 0.3) is 5.57 Å². The van der Waals surface area contributed by atoms with Gasteiger partial charge in [0.15, 0.2) is 4.91 Å². The van der Waals surface area contributed by atoms with Crippen molar-refractivity contribution < 1.29 is 13.2 Å². The predicted octanol–water partition coefficient (Wildman–Crippen LogP) is 6.07. The molecule has 36 heavy (non-hydrogen) atoms. The SMILES string of the molecule is O=C(NCC1=CCCCC1)C1=C(c2ccccc2)c2cc(Cl)ccc2N(Cc2ccccc2)S1(=O)=O.